The number of nitrogens with one attached hydrogen (secondary N) is 2. The first-order valence-corrected chi connectivity index (χ1v) is 6.13. The molecule has 6 nitrogen and oxygen atoms in total. The highest BCUT2D eigenvalue weighted by Crippen LogP contribution is 2.07. The van der Waals surface area contributed by atoms with E-state index in [1.54, 1.807) is 19.2 Å². The van der Waals surface area contributed by atoms with E-state index in [0.29, 0.717) is 18.7 Å². The Morgan fingerprint density at radius 1 is 1.26 bits per heavy atom. The Kier molecular flexibility index (Phi) is 5.98. The first-order chi connectivity index (χ1) is 9.10. The van der Waals surface area contributed by atoms with Crippen molar-refractivity contribution < 1.29 is 9.59 Å². The van der Waals surface area contributed by atoms with Gasteiger partial charge in [-0.15, -0.1) is 0 Å². The highest BCUT2D eigenvalue weighted by molar-refractivity contribution is 5.93. The topological polar surface area (TPSA) is 87.5 Å². The molecule has 2 amide bonds. The molecule has 0 unspecified atom stereocenters. The average molecular weight is 264 g/mol. The largest absolute Gasteiger partial charge is 0.358 e. The maximum atomic E-state index is 11.3. The molecule has 0 fully saturated rings. The monoisotopic (exact) mass is 264 g/mol. The van der Waals surface area contributed by atoms with Crippen LogP contribution in [0.1, 0.15) is 22.8 Å². The van der Waals surface area contributed by atoms with Crippen LogP contribution >= 0.6 is 0 Å². The number of hydrazine groups is 1. The molecule has 1 rings (SSSR count). The molecule has 0 bridgehead atoms. The highest BCUT2D eigenvalue weighted by Gasteiger charge is 2.09. The van der Waals surface area contributed by atoms with Gasteiger partial charge in [0.05, 0.1) is 6.54 Å². The molecular formula is C13H20N4O2. The molecule has 1 aromatic rings. The zero-order valence-electron chi connectivity index (χ0n) is 11.3. The predicted octanol–water partition coefficient (Wildman–Crippen LogP) is -0.142. The maximum Gasteiger partial charge on any atom is 0.265 e. The van der Waals surface area contributed by atoms with Crippen LogP contribution in [0.4, 0.5) is 0 Å². The van der Waals surface area contributed by atoms with Gasteiger partial charge in [0.2, 0.25) is 5.91 Å². The number of amides is 2. The number of carbonyl (C=O) groups excluding carboxylic acids is 2. The van der Waals surface area contributed by atoms with Gasteiger partial charge in [0, 0.05) is 19.2 Å². The Hall–Kier alpha value is -1.92. The summed E-state index contributed by atoms with van der Waals surface area (Å²) in [5.41, 5.74) is 3.64. The molecule has 0 saturated heterocycles. The summed E-state index contributed by atoms with van der Waals surface area (Å²) in [6.07, 6.45) is 0. The number of likely N-dealkylation sites (N-methyl/N-ethyl adjacent to an activating group) is 2. The normalized spacial score (nSPS) is 10.3. The Morgan fingerprint density at radius 2 is 1.89 bits per heavy atom. The van der Waals surface area contributed by atoms with E-state index in [1.807, 2.05) is 24.0 Å². The quantitative estimate of drug-likeness (QED) is 0.379. The number of rotatable bonds is 6. The van der Waals surface area contributed by atoms with Gasteiger partial charge in [-0.2, -0.15) is 0 Å². The maximum absolute atomic E-state index is 11.3. The van der Waals surface area contributed by atoms with Crippen molar-refractivity contribution in [2.24, 2.45) is 5.84 Å². The lowest BCUT2D eigenvalue weighted by atomic mass is 10.1. The third-order valence-corrected chi connectivity index (χ3v) is 2.85. The minimum absolute atomic E-state index is 0.0130. The van der Waals surface area contributed by atoms with E-state index in [4.69, 9.17) is 5.84 Å². The van der Waals surface area contributed by atoms with Crippen molar-refractivity contribution >= 4 is 11.8 Å². The van der Waals surface area contributed by atoms with E-state index in [2.05, 4.69) is 10.7 Å². The standard InChI is InChI=1S/C13H20N4O2/c1-3-17(9-12(18)15-2)8-10-4-6-11(7-5-10)13(19)16-14/h4-7H,3,8-9,14H2,1-2H3,(H,15,18)(H,16,19). The van der Waals surface area contributed by atoms with Gasteiger partial charge in [0.25, 0.3) is 5.91 Å². The zero-order chi connectivity index (χ0) is 14.3. The number of hydrogen-bond acceptors (Lipinski definition) is 4. The molecule has 0 aliphatic heterocycles. The van der Waals surface area contributed by atoms with Gasteiger partial charge in [-0.25, -0.2) is 5.84 Å². The number of hydrogen-bond donors (Lipinski definition) is 3. The molecule has 19 heavy (non-hydrogen) atoms. The van der Waals surface area contributed by atoms with E-state index in [1.165, 1.54) is 0 Å². The van der Waals surface area contributed by atoms with Gasteiger partial charge < -0.3 is 5.32 Å². The second kappa shape index (κ2) is 7.50. The van der Waals surface area contributed by atoms with Crippen LogP contribution in [-0.4, -0.2) is 36.9 Å². The smallest absolute Gasteiger partial charge is 0.265 e. The second-order valence-electron chi connectivity index (χ2n) is 4.15. The van der Waals surface area contributed by atoms with Crippen molar-refractivity contribution in [3.05, 3.63) is 35.4 Å². The van der Waals surface area contributed by atoms with Gasteiger partial charge in [-0.1, -0.05) is 19.1 Å². The minimum Gasteiger partial charge on any atom is -0.358 e. The summed E-state index contributed by atoms with van der Waals surface area (Å²) in [6, 6.07) is 7.14. The van der Waals surface area contributed by atoms with Crippen LogP contribution in [0.3, 0.4) is 0 Å². The fraction of sp³-hybridized carbons (Fsp3) is 0.385. The van der Waals surface area contributed by atoms with E-state index in [-0.39, 0.29) is 11.8 Å². The summed E-state index contributed by atoms with van der Waals surface area (Å²) < 4.78 is 0. The molecule has 0 atom stereocenters. The van der Waals surface area contributed by atoms with Gasteiger partial charge in [-0.05, 0) is 24.2 Å². The lowest BCUT2D eigenvalue weighted by molar-refractivity contribution is -0.121. The second-order valence-corrected chi connectivity index (χ2v) is 4.15. The van der Waals surface area contributed by atoms with Crippen LogP contribution in [0.2, 0.25) is 0 Å². The molecule has 0 radical (unpaired) electrons. The van der Waals surface area contributed by atoms with Crippen LogP contribution in [0.15, 0.2) is 24.3 Å². The summed E-state index contributed by atoms with van der Waals surface area (Å²) in [5, 5.41) is 2.60. The Bertz CT molecular complexity index is 431. The molecular weight excluding hydrogens is 244 g/mol. The molecule has 104 valence electrons. The molecule has 0 aromatic heterocycles. The fourth-order valence-corrected chi connectivity index (χ4v) is 1.66. The van der Waals surface area contributed by atoms with E-state index >= 15 is 0 Å². The van der Waals surface area contributed by atoms with Crippen molar-refractivity contribution in [3.8, 4) is 0 Å². The number of nitrogen functional groups attached to an aromatic ring is 1. The third-order valence-electron chi connectivity index (χ3n) is 2.85. The summed E-state index contributed by atoms with van der Waals surface area (Å²) >= 11 is 0. The van der Waals surface area contributed by atoms with Gasteiger partial charge >= 0.3 is 0 Å². The van der Waals surface area contributed by atoms with Crippen molar-refractivity contribution in [3.63, 3.8) is 0 Å². The predicted molar refractivity (Wildman–Crippen MR) is 73.1 cm³/mol. The van der Waals surface area contributed by atoms with Crippen LogP contribution < -0.4 is 16.6 Å². The third kappa shape index (κ3) is 4.69. The lowest BCUT2D eigenvalue weighted by Gasteiger charge is -2.19. The average Bonchev–Trinajstić information content (AvgIpc) is 2.46. The van der Waals surface area contributed by atoms with Crippen LogP contribution in [0, 0.1) is 0 Å². The molecule has 0 aliphatic carbocycles. The Balaban J connectivity index is 2.65. The van der Waals surface area contributed by atoms with Crippen molar-refractivity contribution in [1.82, 2.24) is 15.6 Å². The number of nitrogens with zero attached hydrogens (tertiary/aromatic N) is 1. The fourth-order valence-electron chi connectivity index (χ4n) is 1.66. The molecule has 0 heterocycles. The van der Waals surface area contributed by atoms with Gasteiger partial charge in [0.15, 0.2) is 0 Å². The molecule has 6 heteroatoms. The van der Waals surface area contributed by atoms with Crippen molar-refractivity contribution in [1.29, 1.82) is 0 Å². The summed E-state index contributed by atoms with van der Waals surface area (Å²) in [4.78, 5) is 24.6. The Morgan fingerprint density at radius 3 is 2.37 bits per heavy atom. The van der Waals surface area contributed by atoms with Crippen molar-refractivity contribution in [2.45, 2.75) is 13.5 Å². The SMILES string of the molecule is CCN(CC(=O)NC)Cc1ccc(C(=O)NN)cc1. The molecule has 4 N–H and O–H groups in total. The molecule has 0 aliphatic rings. The van der Waals surface area contributed by atoms with E-state index in [0.717, 1.165) is 12.1 Å². The van der Waals surface area contributed by atoms with Crippen LogP contribution in [0.25, 0.3) is 0 Å². The number of nitrogens with two attached hydrogens (primary N) is 1. The van der Waals surface area contributed by atoms with Crippen LogP contribution in [-0.2, 0) is 11.3 Å². The molecule has 0 saturated carbocycles. The van der Waals surface area contributed by atoms with Gasteiger partial charge in [0.1, 0.15) is 0 Å². The van der Waals surface area contributed by atoms with Gasteiger partial charge in [-0.3, -0.25) is 19.9 Å². The molecule has 0 spiro atoms. The number of carbonyl (C=O) groups is 2. The Labute approximate surface area is 112 Å². The van der Waals surface area contributed by atoms with Crippen LogP contribution in [0.5, 0.6) is 0 Å². The summed E-state index contributed by atoms with van der Waals surface area (Å²) in [6.45, 7) is 3.80. The lowest BCUT2D eigenvalue weighted by Crippen LogP contribution is -2.35. The summed E-state index contributed by atoms with van der Waals surface area (Å²) in [5.74, 6) is 4.73. The summed E-state index contributed by atoms with van der Waals surface area (Å²) in [7, 11) is 1.62. The van der Waals surface area contributed by atoms with E-state index in [9.17, 15) is 9.59 Å². The van der Waals surface area contributed by atoms with E-state index < -0.39 is 0 Å². The first-order valence-electron chi connectivity index (χ1n) is 6.13. The molecule has 1 aromatic carbocycles. The first kappa shape index (κ1) is 15.1. The number of benzene rings is 1. The highest BCUT2D eigenvalue weighted by atomic mass is 16.2. The zero-order valence-corrected chi connectivity index (χ0v) is 11.3. The minimum atomic E-state index is -0.316. The van der Waals surface area contributed by atoms with Crippen molar-refractivity contribution in [2.75, 3.05) is 20.1 Å².